The van der Waals surface area contributed by atoms with Crippen LogP contribution in [0.15, 0.2) is 70.2 Å². The Morgan fingerprint density at radius 3 is 2.59 bits per heavy atom. The summed E-state index contributed by atoms with van der Waals surface area (Å²) in [6.07, 6.45) is 1.40. The highest BCUT2D eigenvalue weighted by molar-refractivity contribution is 5.96. The van der Waals surface area contributed by atoms with Crippen molar-refractivity contribution in [2.45, 2.75) is 6.92 Å². The maximum Gasteiger partial charge on any atom is 0.338 e. The summed E-state index contributed by atoms with van der Waals surface area (Å²) in [5.74, 6) is 0.205. The number of carbonyl (C=O) groups is 2. The van der Waals surface area contributed by atoms with E-state index in [4.69, 9.17) is 9.15 Å². The molecule has 29 heavy (non-hydrogen) atoms. The summed E-state index contributed by atoms with van der Waals surface area (Å²) >= 11 is 0. The van der Waals surface area contributed by atoms with Gasteiger partial charge in [0.1, 0.15) is 11.5 Å². The summed E-state index contributed by atoms with van der Waals surface area (Å²) in [4.78, 5) is 23.8. The molecule has 3 aromatic rings. The largest absolute Gasteiger partial charge is 0.465 e. The van der Waals surface area contributed by atoms with Crippen LogP contribution in [-0.4, -0.2) is 31.7 Å². The lowest BCUT2D eigenvalue weighted by Crippen LogP contribution is -2.25. The molecule has 1 heterocycles. The van der Waals surface area contributed by atoms with Gasteiger partial charge in [0.15, 0.2) is 0 Å². The molecule has 0 saturated carbocycles. The van der Waals surface area contributed by atoms with E-state index < -0.39 is 5.97 Å². The van der Waals surface area contributed by atoms with E-state index in [0.717, 1.165) is 11.3 Å². The minimum Gasteiger partial charge on any atom is -0.465 e. The summed E-state index contributed by atoms with van der Waals surface area (Å²) in [6.45, 7) is 2.09. The summed E-state index contributed by atoms with van der Waals surface area (Å²) in [6, 6.07) is 18.2. The van der Waals surface area contributed by atoms with Crippen LogP contribution in [0.5, 0.6) is 0 Å². The molecule has 0 aliphatic rings. The van der Waals surface area contributed by atoms with E-state index in [-0.39, 0.29) is 12.5 Å². The van der Waals surface area contributed by atoms with E-state index in [1.54, 1.807) is 36.4 Å². The number of carbonyl (C=O) groups excluding carboxylic acids is 2. The van der Waals surface area contributed by atoms with Crippen LogP contribution >= 0.6 is 0 Å². The minimum absolute atomic E-state index is 0.0936. The number of aryl methyl sites for hydroxylation is 1. The Morgan fingerprint density at radius 2 is 1.83 bits per heavy atom. The molecule has 0 bridgehead atoms. The normalized spacial score (nSPS) is 10.7. The number of esters is 1. The Morgan fingerprint density at radius 1 is 1.07 bits per heavy atom. The van der Waals surface area contributed by atoms with Crippen molar-refractivity contribution in [3.63, 3.8) is 0 Å². The first-order valence-electron chi connectivity index (χ1n) is 8.97. The number of anilines is 1. The lowest BCUT2D eigenvalue weighted by atomic mass is 10.1. The van der Waals surface area contributed by atoms with Gasteiger partial charge < -0.3 is 14.5 Å². The number of hydrazone groups is 1. The highest BCUT2D eigenvalue weighted by Gasteiger charge is 2.15. The van der Waals surface area contributed by atoms with Crippen LogP contribution in [0.2, 0.25) is 0 Å². The molecular formula is C22H21N3O4. The Kier molecular flexibility index (Phi) is 6.42. The fraction of sp³-hybridized carbons (Fsp3) is 0.136. The first kappa shape index (κ1) is 19.9. The smallest absolute Gasteiger partial charge is 0.338 e. The van der Waals surface area contributed by atoms with Gasteiger partial charge >= 0.3 is 5.97 Å². The predicted molar refractivity (Wildman–Crippen MR) is 111 cm³/mol. The van der Waals surface area contributed by atoms with Crippen LogP contribution in [0.25, 0.3) is 11.3 Å². The SMILES string of the molecule is COC(=O)c1ccccc1-c1ccc(/C=N\NC(=O)CNc2ccc(C)cc2)o1. The predicted octanol–water partition coefficient (Wildman–Crippen LogP) is 3.60. The highest BCUT2D eigenvalue weighted by Crippen LogP contribution is 2.25. The third kappa shape index (κ3) is 5.32. The lowest BCUT2D eigenvalue weighted by molar-refractivity contribution is -0.119. The fourth-order valence-electron chi connectivity index (χ4n) is 2.61. The van der Waals surface area contributed by atoms with E-state index in [0.29, 0.717) is 22.6 Å². The van der Waals surface area contributed by atoms with Crippen molar-refractivity contribution in [1.29, 1.82) is 0 Å². The van der Waals surface area contributed by atoms with Crippen molar-refractivity contribution in [3.05, 3.63) is 77.6 Å². The van der Waals surface area contributed by atoms with Crippen molar-refractivity contribution in [2.24, 2.45) is 5.10 Å². The zero-order valence-corrected chi connectivity index (χ0v) is 16.1. The van der Waals surface area contributed by atoms with Gasteiger partial charge in [-0.1, -0.05) is 35.9 Å². The summed E-state index contributed by atoms with van der Waals surface area (Å²) in [7, 11) is 1.33. The maximum atomic E-state index is 11.9. The molecule has 0 unspecified atom stereocenters. The first-order chi connectivity index (χ1) is 14.1. The highest BCUT2D eigenvalue weighted by atomic mass is 16.5. The van der Waals surface area contributed by atoms with Crippen molar-refractivity contribution >= 4 is 23.8 Å². The van der Waals surface area contributed by atoms with Gasteiger partial charge in [-0.05, 0) is 37.3 Å². The molecule has 0 saturated heterocycles. The molecule has 0 aliphatic heterocycles. The van der Waals surface area contributed by atoms with Gasteiger partial charge in [-0.25, -0.2) is 10.2 Å². The third-order valence-electron chi connectivity index (χ3n) is 4.11. The standard InChI is InChI=1S/C22H21N3O4/c1-15-7-9-16(10-8-15)23-14-21(26)25-24-13-17-11-12-20(29-17)18-5-3-4-6-19(18)22(27)28-2/h3-13,23H,14H2,1-2H3,(H,25,26)/b24-13-. The molecule has 3 rings (SSSR count). The molecule has 7 heteroatoms. The summed E-state index contributed by atoms with van der Waals surface area (Å²) in [5, 5.41) is 6.91. The molecule has 0 spiro atoms. The third-order valence-corrected chi connectivity index (χ3v) is 4.11. The molecule has 0 fully saturated rings. The van der Waals surface area contributed by atoms with E-state index in [1.807, 2.05) is 31.2 Å². The number of amides is 1. The second-order valence-corrected chi connectivity index (χ2v) is 6.25. The molecule has 1 amide bonds. The van der Waals surface area contributed by atoms with Gasteiger partial charge in [0.05, 0.1) is 25.4 Å². The van der Waals surface area contributed by atoms with Crippen LogP contribution in [-0.2, 0) is 9.53 Å². The second kappa shape index (κ2) is 9.36. The van der Waals surface area contributed by atoms with Crippen LogP contribution in [0.1, 0.15) is 21.7 Å². The number of hydrogen-bond donors (Lipinski definition) is 2. The minimum atomic E-state index is -0.444. The molecule has 148 valence electrons. The Balaban J connectivity index is 1.57. The van der Waals surface area contributed by atoms with Gasteiger partial charge in [-0.15, -0.1) is 0 Å². The van der Waals surface area contributed by atoms with Crippen molar-refractivity contribution in [2.75, 3.05) is 19.0 Å². The van der Waals surface area contributed by atoms with Crippen molar-refractivity contribution < 1.29 is 18.7 Å². The first-order valence-corrected chi connectivity index (χ1v) is 8.97. The number of benzene rings is 2. The number of nitrogens with one attached hydrogen (secondary N) is 2. The van der Waals surface area contributed by atoms with E-state index in [9.17, 15) is 9.59 Å². The molecule has 0 aliphatic carbocycles. The molecule has 2 N–H and O–H groups in total. The average Bonchev–Trinajstić information content (AvgIpc) is 3.21. The molecule has 1 aromatic heterocycles. The van der Waals surface area contributed by atoms with Crippen molar-refractivity contribution in [3.8, 4) is 11.3 Å². The molecule has 0 radical (unpaired) electrons. The topological polar surface area (TPSA) is 92.9 Å². The Hall–Kier alpha value is -3.87. The maximum absolute atomic E-state index is 11.9. The Labute approximate surface area is 168 Å². The van der Waals surface area contributed by atoms with E-state index >= 15 is 0 Å². The van der Waals surface area contributed by atoms with Gasteiger partial charge in [0, 0.05) is 11.3 Å². The van der Waals surface area contributed by atoms with Crippen LogP contribution in [0.4, 0.5) is 5.69 Å². The zero-order valence-electron chi connectivity index (χ0n) is 16.1. The molecule has 2 aromatic carbocycles. The fourth-order valence-corrected chi connectivity index (χ4v) is 2.61. The van der Waals surface area contributed by atoms with Gasteiger partial charge in [-0.3, -0.25) is 4.79 Å². The summed E-state index contributed by atoms with van der Waals surface area (Å²) < 4.78 is 10.5. The van der Waals surface area contributed by atoms with Crippen LogP contribution in [0.3, 0.4) is 0 Å². The van der Waals surface area contributed by atoms with E-state index in [1.165, 1.54) is 13.3 Å². The van der Waals surface area contributed by atoms with Crippen LogP contribution < -0.4 is 10.7 Å². The monoisotopic (exact) mass is 391 g/mol. The number of hydrogen-bond acceptors (Lipinski definition) is 6. The van der Waals surface area contributed by atoms with Gasteiger partial charge in [0.2, 0.25) is 0 Å². The molecular weight excluding hydrogens is 370 g/mol. The second-order valence-electron chi connectivity index (χ2n) is 6.25. The lowest BCUT2D eigenvalue weighted by Gasteiger charge is -2.05. The van der Waals surface area contributed by atoms with Crippen molar-refractivity contribution in [1.82, 2.24) is 5.43 Å². The molecule has 7 nitrogen and oxygen atoms in total. The van der Waals surface area contributed by atoms with E-state index in [2.05, 4.69) is 15.8 Å². The van der Waals surface area contributed by atoms with Crippen LogP contribution in [0, 0.1) is 6.92 Å². The number of furan rings is 1. The van der Waals surface area contributed by atoms with Gasteiger partial charge in [-0.2, -0.15) is 5.10 Å². The van der Waals surface area contributed by atoms with Gasteiger partial charge in [0.25, 0.3) is 5.91 Å². The number of ether oxygens (including phenoxy) is 1. The number of methoxy groups -OCH3 is 1. The number of rotatable bonds is 7. The zero-order chi connectivity index (χ0) is 20.6. The average molecular weight is 391 g/mol. The quantitative estimate of drug-likeness (QED) is 0.365. The number of nitrogens with zero attached hydrogens (tertiary/aromatic N) is 1. The Bertz CT molecular complexity index is 1020. The summed E-state index contributed by atoms with van der Waals surface area (Å²) in [5.41, 5.74) is 5.46. The molecule has 0 atom stereocenters.